The minimum Gasteiger partial charge on any atom is -0.392 e. The smallest absolute Gasteiger partial charge is 0.243 e. The van der Waals surface area contributed by atoms with Gasteiger partial charge in [0, 0.05) is 76.5 Å². The van der Waals surface area contributed by atoms with Crippen molar-refractivity contribution in [1.82, 2.24) is 25.7 Å². The molecule has 0 radical (unpaired) electrons. The van der Waals surface area contributed by atoms with Gasteiger partial charge in [0.2, 0.25) is 17.8 Å². The summed E-state index contributed by atoms with van der Waals surface area (Å²) in [7, 11) is 0. The molecule has 2 fully saturated rings. The highest BCUT2D eigenvalue weighted by atomic mass is 16.7. The number of aliphatic hydroxyl groups is 1. The summed E-state index contributed by atoms with van der Waals surface area (Å²) in [5, 5.41) is 21.2. The van der Waals surface area contributed by atoms with E-state index in [9.17, 15) is 14.7 Å². The molecule has 3 aromatic carbocycles. The average molecular weight is 695 g/mol. The first-order chi connectivity index (χ1) is 25.0. The van der Waals surface area contributed by atoms with Crippen molar-refractivity contribution in [3.63, 3.8) is 0 Å². The Hall–Kier alpha value is -4.72. The summed E-state index contributed by atoms with van der Waals surface area (Å²) in [6, 6.07) is 26.0. The monoisotopic (exact) mass is 694 g/mol. The number of aromatic nitrogens is 2. The normalized spacial score (nSPS) is 19.4. The number of unbranched alkanes of at least 4 members (excludes halogenated alkanes) is 1. The van der Waals surface area contributed by atoms with Gasteiger partial charge in [-0.15, -0.1) is 0 Å². The Morgan fingerprint density at radius 2 is 1.49 bits per heavy atom. The number of hydrogen-bond donors (Lipinski definition) is 4. The van der Waals surface area contributed by atoms with Gasteiger partial charge in [-0.05, 0) is 46.7 Å². The lowest BCUT2D eigenvalue weighted by Gasteiger charge is -2.40. The number of hydroxylamine groups is 1. The fourth-order valence-corrected chi connectivity index (χ4v) is 6.59. The highest BCUT2D eigenvalue weighted by molar-refractivity contribution is 5.77. The summed E-state index contributed by atoms with van der Waals surface area (Å²) in [5.74, 6) is 0.230. The molecule has 2 saturated heterocycles. The number of amides is 2. The number of nitrogens with one attached hydrogen (secondary N) is 2. The summed E-state index contributed by atoms with van der Waals surface area (Å²) in [6.45, 7) is 4.63. The Morgan fingerprint density at radius 3 is 2.20 bits per heavy atom. The van der Waals surface area contributed by atoms with Crippen LogP contribution in [-0.4, -0.2) is 75.8 Å². The van der Waals surface area contributed by atoms with Crippen LogP contribution in [0.5, 0.6) is 0 Å². The molecule has 12 nitrogen and oxygen atoms in total. The third-order valence-electron chi connectivity index (χ3n) is 9.45. The highest BCUT2D eigenvalue weighted by Crippen LogP contribution is 2.39. The van der Waals surface area contributed by atoms with Crippen LogP contribution in [0.25, 0.3) is 11.1 Å². The Morgan fingerprint density at radius 1 is 0.804 bits per heavy atom. The molecular formula is C39H46N6O6. The molecule has 3 atom stereocenters. The molecule has 1 aromatic heterocycles. The minimum atomic E-state index is -0.558. The average Bonchev–Trinajstić information content (AvgIpc) is 3.19. The summed E-state index contributed by atoms with van der Waals surface area (Å²) in [6.07, 6.45) is 5.06. The molecule has 6 rings (SSSR count). The number of hydrogen-bond acceptors (Lipinski definition) is 10. The van der Waals surface area contributed by atoms with Crippen molar-refractivity contribution in [2.45, 2.75) is 63.8 Å². The summed E-state index contributed by atoms with van der Waals surface area (Å²) >= 11 is 0. The van der Waals surface area contributed by atoms with Crippen LogP contribution in [0.2, 0.25) is 0 Å². The van der Waals surface area contributed by atoms with Crippen LogP contribution in [0.15, 0.2) is 91.3 Å². The minimum absolute atomic E-state index is 0.00456. The number of carbonyl (C=O) groups is 2. The van der Waals surface area contributed by atoms with Gasteiger partial charge in [0.1, 0.15) is 0 Å². The highest BCUT2D eigenvalue weighted by Gasteiger charge is 2.34. The largest absolute Gasteiger partial charge is 0.392 e. The third kappa shape index (κ3) is 9.96. The van der Waals surface area contributed by atoms with Crippen molar-refractivity contribution in [3.05, 3.63) is 114 Å². The molecule has 0 aliphatic carbocycles. The Bertz CT molecular complexity index is 1700. The van der Waals surface area contributed by atoms with Gasteiger partial charge in [0.25, 0.3) is 0 Å². The fraction of sp³-hybridized carbons (Fsp3) is 0.385. The summed E-state index contributed by atoms with van der Waals surface area (Å²) < 4.78 is 13.3. The zero-order valence-electron chi connectivity index (χ0n) is 28.7. The second-order valence-corrected chi connectivity index (χ2v) is 13.0. The first kappa shape index (κ1) is 36.1. The van der Waals surface area contributed by atoms with Crippen LogP contribution < -0.4 is 15.7 Å². The molecule has 2 aliphatic rings. The van der Waals surface area contributed by atoms with Crippen molar-refractivity contribution in [3.8, 4) is 11.1 Å². The molecule has 51 heavy (non-hydrogen) atoms. The molecule has 4 aromatic rings. The van der Waals surface area contributed by atoms with Crippen molar-refractivity contribution in [2.24, 2.45) is 0 Å². The van der Waals surface area contributed by atoms with E-state index in [0.717, 1.165) is 72.1 Å². The van der Waals surface area contributed by atoms with Gasteiger partial charge in [-0.25, -0.2) is 15.4 Å². The Labute approximate surface area is 298 Å². The maximum absolute atomic E-state index is 12.5. The van der Waals surface area contributed by atoms with E-state index in [1.54, 1.807) is 17.9 Å². The van der Waals surface area contributed by atoms with E-state index in [4.69, 9.17) is 14.7 Å². The van der Waals surface area contributed by atoms with E-state index in [1.807, 2.05) is 66.7 Å². The van der Waals surface area contributed by atoms with E-state index in [1.165, 1.54) is 0 Å². The molecule has 4 N–H and O–H groups in total. The molecule has 0 bridgehead atoms. The number of aliphatic hydroxyl groups excluding tert-OH is 1. The lowest BCUT2D eigenvalue weighted by Crippen LogP contribution is -2.50. The van der Waals surface area contributed by atoms with Gasteiger partial charge in [0.15, 0.2) is 6.29 Å². The van der Waals surface area contributed by atoms with Crippen molar-refractivity contribution in [1.29, 1.82) is 0 Å². The van der Waals surface area contributed by atoms with Gasteiger partial charge < -0.3 is 24.8 Å². The molecule has 0 unspecified atom stereocenters. The van der Waals surface area contributed by atoms with E-state index in [2.05, 4.69) is 37.2 Å². The molecule has 3 heterocycles. The molecular weight excluding hydrogens is 648 g/mol. The lowest BCUT2D eigenvalue weighted by molar-refractivity contribution is -0.253. The Kier molecular flexibility index (Phi) is 12.7. The van der Waals surface area contributed by atoms with Crippen molar-refractivity contribution in [2.75, 3.05) is 37.6 Å². The SMILES string of the molecule is O=C(CCCCC(=O)NCc1ccccc1-c1ccc([C@@H]2O[C@H](CN3CCN(c4ncccn4)CC3)C[C@H](c3ccc(CO)cc3)O2)cc1)NO. The van der Waals surface area contributed by atoms with Crippen LogP contribution in [0.1, 0.15) is 66.8 Å². The van der Waals surface area contributed by atoms with E-state index in [-0.39, 0.29) is 31.1 Å². The van der Waals surface area contributed by atoms with Crippen LogP contribution in [-0.2, 0) is 32.2 Å². The first-order valence-corrected chi connectivity index (χ1v) is 17.6. The first-order valence-electron chi connectivity index (χ1n) is 17.6. The number of anilines is 1. The molecule has 0 spiro atoms. The molecule has 2 amide bonds. The standard InChI is InChI=1S/C39H46N6O6/c46-27-28-10-12-30(13-11-28)35-24-33(26-44-20-22-45(23-21-44)39-40-18-5-19-41-39)50-38(51-35)31-16-14-29(15-17-31)34-7-2-1-6-32(34)25-42-36(47)8-3-4-9-37(48)43-49/h1-2,5-7,10-19,33,35,38,46,49H,3-4,8-9,20-27H2,(H,42,47)(H,43,48)/t33-,35+,38+/m0/s1. The van der Waals surface area contributed by atoms with E-state index < -0.39 is 12.2 Å². The maximum atomic E-state index is 12.5. The zero-order chi connectivity index (χ0) is 35.4. The molecule has 12 heteroatoms. The van der Waals surface area contributed by atoms with Gasteiger partial charge in [-0.1, -0.05) is 72.8 Å². The van der Waals surface area contributed by atoms with Gasteiger partial charge in [0.05, 0.1) is 18.8 Å². The number of piperazine rings is 1. The second-order valence-electron chi connectivity index (χ2n) is 13.0. The van der Waals surface area contributed by atoms with E-state index >= 15 is 0 Å². The fourth-order valence-electron chi connectivity index (χ4n) is 6.59. The third-order valence-corrected chi connectivity index (χ3v) is 9.45. The summed E-state index contributed by atoms with van der Waals surface area (Å²) in [4.78, 5) is 37.1. The number of carbonyl (C=O) groups excluding carboxylic acids is 2. The second kappa shape index (κ2) is 18.0. The van der Waals surface area contributed by atoms with Crippen LogP contribution in [0.3, 0.4) is 0 Å². The van der Waals surface area contributed by atoms with Crippen LogP contribution in [0.4, 0.5) is 5.95 Å². The van der Waals surface area contributed by atoms with Crippen molar-refractivity contribution >= 4 is 17.8 Å². The number of rotatable bonds is 14. The molecule has 268 valence electrons. The van der Waals surface area contributed by atoms with E-state index in [0.29, 0.717) is 32.2 Å². The summed E-state index contributed by atoms with van der Waals surface area (Å²) in [5.41, 5.74) is 7.48. The quantitative estimate of drug-likeness (QED) is 0.0833. The van der Waals surface area contributed by atoms with Gasteiger partial charge >= 0.3 is 0 Å². The zero-order valence-corrected chi connectivity index (χ0v) is 28.7. The predicted molar refractivity (Wildman–Crippen MR) is 191 cm³/mol. The van der Waals surface area contributed by atoms with Crippen molar-refractivity contribution < 1.29 is 29.4 Å². The molecule has 0 saturated carbocycles. The number of benzene rings is 3. The Balaban J connectivity index is 1.11. The topological polar surface area (TPSA) is 149 Å². The van der Waals surface area contributed by atoms with Crippen LogP contribution >= 0.6 is 0 Å². The van der Waals surface area contributed by atoms with Gasteiger partial charge in [-0.3, -0.25) is 19.7 Å². The maximum Gasteiger partial charge on any atom is 0.243 e. The van der Waals surface area contributed by atoms with Gasteiger partial charge in [-0.2, -0.15) is 0 Å². The predicted octanol–water partition coefficient (Wildman–Crippen LogP) is 4.69. The number of nitrogens with zero attached hydrogens (tertiary/aromatic N) is 4. The lowest BCUT2D eigenvalue weighted by atomic mass is 9.97. The molecule has 2 aliphatic heterocycles. The van der Waals surface area contributed by atoms with Crippen LogP contribution in [0, 0.1) is 0 Å². The number of ether oxygens (including phenoxy) is 2.